The van der Waals surface area contributed by atoms with Crippen molar-refractivity contribution in [3.05, 3.63) is 24.3 Å². The number of anilines is 1. The molecule has 1 aromatic carbocycles. The maximum absolute atomic E-state index is 10.2. The van der Waals surface area contributed by atoms with Crippen molar-refractivity contribution < 1.29 is 9.53 Å². The molecule has 0 aliphatic rings. The molecule has 0 aliphatic heterocycles. The molecule has 1 N–H and O–H groups in total. The highest BCUT2D eigenvalue weighted by molar-refractivity contribution is 5.63. The van der Waals surface area contributed by atoms with Crippen LogP contribution in [-0.2, 0) is 4.79 Å². The number of ether oxygens (including phenoxy) is 1. The summed E-state index contributed by atoms with van der Waals surface area (Å²) in [6.07, 6.45) is 0.959. The maximum Gasteiger partial charge on any atom is 0.142 e. The Morgan fingerprint density at radius 2 is 2.14 bits per heavy atom. The highest BCUT2D eigenvalue weighted by Gasteiger charge is 2.03. The molecule has 0 heterocycles. The van der Waals surface area contributed by atoms with Crippen LogP contribution in [0.5, 0.6) is 5.75 Å². The standard InChI is InChI=1S/C11H15NO2/c1-9(2)14-11-6-4-3-5-10(11)12-7-8-13/h3-6,8-9,12H,7H2,1-2H3. The molecule has 0 bridgehead atoms. The Morgan fingerprint density at radius 3 is 2.79 bits per heavy atom. The summed E-state index contributed by atoms with van der Waals surface area (Å²) in [5.74, 6) is 0.782. The van der Waals surface area contributed by atoms with Crippen molar-refractivity contribution in [3.63, 3.8) is 0 Å². The smallest absolute Gasteiger partial charge is 0.142 e. The van der Waals surface area contributed by atoms with E-state index >= 15 is 0 Å². The van der Waals surface area contributed by atoms with Gasteiger partial charge in [-0.05, 0) is 26.0 Å². The first kappa shape index (κ1) is 10.6. The fraction of sp³-hybridized carbons (Fsp3) is 0.364. The molecule has 0 unspecified atom stereocenters. The van der Waals surface area contributed by atoms with Gasteiger partial charge in [-0.2, -0.15) is 0 Å². The van der Waals surface area contributed by atoms with E-state index in [-0.39, 0.29) is 6.10 Å². The second-order valence-corrected chi connectivity index (χ2v) is 3.21. The van der Waals surface area contributed by atoms with E-state index in [1.807, 2.05) is 38.1 Å². The fourth-order valence-electron chi connectivity index (χ4n) is 1.12. The van der Waals surface area contributed by atoms with Crippen LogP contribution in [0.2, 0.25) is 0 Å². The topological polar surface area (TPSA) is 38.3 Å². The van der Waals surface area contributed by atoms with E-state index in [2.05, 4.69) is 5.32 Å². The molecule has 0 spiro atoms. The first-order valence-electron chi connectivity index (χ1n) is 4.67. The SMILES string of the molecule is CC(C)Oc1ccccc1NCC=O. The lowest BCUT2D eigenvalue weighted by Crippen LogP contribution is -2.09. The van der Waals surface area contributed by atoms with Gasteiger partial charge in [-0.25, -0.2) is 0 Å². The van der Waals surface area contributed by atoms with Crippen molar-refractivity contribution in [1.82, 2.24) is 0 Å². The summed E-state index contributed by atoms with van der Waals surface area (Å²) in [4.78, 5) is 10.2. The Kier molecular flexibility index (Phi) is 3.98. The molecule has 0 aromatic heterocycles. The normalized spacial score (nSPS) is 9.93. The monoisotopic (exact) mass is 193 g/mol. The molecule has 0 amide bonds. The maximum atomic E-state index is 10.2. The highest BCUT2D eigenvalue weighted by atomic mass is 16.5. The van der Waals surface area contributed by atoms with Gasteiger partial charge in [-0.15, -0.1) is 0 Å². The van der Waals surface area contributed by atoms with E-state index in [1.54, 1.807) is 0 Å². The van der Waals surface area contributed by atoms with Gasteiger partial charge in [0.25, 0.3) is 0 Å². The first-order chi connectivity index (χ1) is 6.74. The Balaban J connectivity index is 2.74. The van der Waals surface area contributed by atoms with E-state index in [1.165, 1.54) is 0 Å². The quantitative estimate of drug-likeness (QED) is 0.728. The average molecular weight is 193 g/mol. The second kappa shape index (κ2) is 5.27. The van der Waals surface area contributed by atoms with Gasteiger partial charge in [0, 0.05) is 0 Å². The summed E-state index contributed by atoms with van der Waals surface area (Å²) < 4.78 is 5.56. The summed E-state index contributed by atoms with van der Waals surface area (Å²) in [7, 11) is 0. The van der Waals surface area contributed by atoms with Crippen LogP contribution < -0.4 is 10.1 Å². The molecule has 76 valence electrons. The van der Waals surface area contributed by atoms with E-state index in [0.29, 0.717) is 6.54 Å². The lowest BCUT2D eigenvalue weighted by molar-refractivity contribution is -0.106. The third-order valence-corrected chi connectivity index (χ3v) is 1.63. The third-order valence-electron chi connectivity index (χ3n) is 1.63. The predicted octanol–water partition coefficient (Wildman–Crippen LogP) is 2.08. The summed E-state index contributed by atoms with van der Waals surface area (Å²) >= 11 is 0. The summed E-state index contributed by atoms with van der Waals surface area (Å²) in [5.41, 5.74) is 0.855. The zero-order valence-corrected chi connectivity index (χ0v) is 8.49. The predicted molar refractivity (Wildman–Crippen MR) is 56.8 cm³/mol. The largest absolute Gasteiger partial charge is 0.489 e. The third kappa shape index (κ3) is 3.09. The van der Waals surface area contributed by atoms with Crippen LogP contribution in [0.25, 0.3) is 0 Å². The van der Waals surface area contributed by atoms with Gasteiger partial charge in [-0.3, -0.25) is 0 Å². The molecule has 1 rings (SSSR count). The summed E-state index contributed by atoms with van der Waals surface area (Å²) in [6.45, 7) is 4.24. The van der Waals surface area contributed by atoms with Crippen molar-refractivity contribution in [2.45, 2.75) is 20.0 Å². The Morgan fingerprint density at radius 1 is 1.43 bits per heavy atom. The van der Waals surface area contributed by atoms with Gasteiger partial charge in [0.1, 0.15) is 12.0 Å². The zero-order chi connectivity index (χ0) is 10.4. The molecule has 0 aliphatic carbocycles. The molecule has 3 heteroatoms. The minimum atomic E-state index is 0.134. The molecule has 0 saturated heterocycles. The number of rotatable bonds is 5. The van der Waals surface area contributed by atoms with E-state index < -0.39 is 0 Å². The summed E-state index contributed by atoms with van der Waals surface area (Å²) in [5, 5.41) is 2.98. The molecule has 1 aromatic rings. The van der Waals surface area contributed by atoms with Gasteiger partial charge in [0.15, 0.2) is 0 Å². The fourth-order valence-corrected chi connectivity index (χ4v) is 1.12. The lowest BCUT2D eigenvalue weighted by Gasteiger charge is -2.14. The molecular formula is C11H15NO2. The van der Waals surface area contributed by atoms with Crippen molar-refractivity contribution in [2.24, 2.45) is 0 Å². The van der Waals surface area contributed by atoms with Crippen LogP contribution in [-0.4, -0.2) is 18.9 Å². The number of hydrogen-bond donors (Lipinski definition) is 1. The van der Waals surface area contributed by atoms with Gasteiger partial charge in [0.2, 0.25) is 0 Å². The van der Waals surface area contributed by atoms with Gasteiger partial charge >= 0.3 is 0 Å². The summed E-state index contributed by atoms with van der Waals surface area (Å²) in [6, 6.07) is 7.58. The molecular weight excluding hydrogens is 178 g/mol. The Labute approximate surface area is 84.1 Å². The van der Waals surface area contributed by atoms with Crippen molar-refractivity contribution >= 4 is 12.0 Å². The molecule has 14 heavy (non-hydrogen) atoms. The van der Waals surface area contributed by atoms with E-state index in [0.717, 1.165) is 17.7 Å². The van der Waals surface area contributed by atoms with Gasteiger partial charge in [0.05, 0.1) is 18.3 Å². The number of carbonyl (C=O) groups is 1. The first-order valence-corrected chi connectivity index (χ1v) is 4.67. The number of benzene rings is 1. The van der Waals surface area contributed by atoms with Crippen LogP contribution in [0.3, 0.4) is 0 Å². The van der Waals surface area contributed by atoms with Gasteiger partial charge < -0.3 is 14.8 Å². The lowest BCUT2D eigenvalue weighted by atomic mass is 10.3. The van der Waals surface area contributed by atoms with Crippen LogP contribution >= 0.6 is 0 Å². The van der Waals surface area contributed by atoms with E-state index in [4.69, 9.17) is 4.74 Å². The minimum absolute atomic E-state index is 0.134. The second-order valence-electron chi connectivity index (χ2n) is 3.21. The number of carbonyl (C=O) groups excluding carboxylic acids is 1. The zero-order valence-electron chi connectivity index (χ0n) is 8.49. The average Bonchev–Trinajstić information content (AvgIpc) is 2.16. The van der Waals surface area contributed by atoms with Crippen LogP contribution in [0.1, 0.15) is 13.8 Å². The molecule has 3 nitrogen and oxygen atoms in total. The molecule has 0 atom stereocenters. The van der Waals surface area contributed by atoms with E-state index in [9.17, 15) is 4.79 Å². The van der Waals surface area contributed by atoms with Crippen LogP contribution in [0.4, 0.5) is 5.69 Å². The number of nitrogens with one attached hydrogen (secondary N) is 1. The van der Waals surface area contributed by atoms with Crippen molar-refractivity contribution in [2.75, 3.05) is 11.9 Å². The highest BCUT2D eigenvalue weighted by Crippen LogP contribution is 2.24. The minimum Gasteiger partial charge on any atom is -0.489 e. The number of aldehydes is 1. The molecule has 0 saturated carbocycles. The van der Waals surface area contributed by atoms with Crippen molar-refractivity contribution in [1.29, 1.82) is 0 Å². The number of para-hydroxylation sites is 2. The number of hydrogen-bond acceptors (Lipinski definition) is 3. The molecule has 0 radical (unpaired) electrons. The molecule has 0 fully saturated rings. The van der Waals surface area contributed by atoms with Crippen molar-refractivity contribution in [3.8, 4) is 5.75 Å². The van der Waals surface area contributed by atoms with Crippen LogP contribution in [0.15, 0.2) is 24.3 Å². The van der Waals surface area contributed by atoms with Crippen LogP contribution in [0, 0.1) is 0 Å². The Bertz CT molecular complexity index is 297. The Hall–Kier alpha value is -1.51. The van der Waals surface area contributed by atoms with Gasteiger partial charge in [-0.1, -0.05) is 12.1 Å².